The molecule has 6 rings (SSSR count). The van der Waals surface area contributed by atoms with E-state index in [0.29, 0.717) is 34.5 Å². The number of carbonyl (C=O) groups is 1. The highest BCUT2D eigenvalue weighted by atomic mass is 19.1. The number of fused-ring (bicyclic) bond motifs is 4. The zero-order chi connectivity index (χ0) is 23.8. The summed E-state index contributed by atoms with van der Waals surface area (Å²) in [5, 5.41) is 13.1. The fourth-order valence-corrected chi connectivity index (χ4v) is 4.59. The number of allylic oxidation sites excluding steroid dienone is 1. The number of hydrogen-bond donors (Lipinski definition) is 0. The third-order valence-electron chi connectivity index (χ3n) is 6.22. The molecule has 1 fully saturated rings. The Morgan fingerprint density at radius 2 is 2.00 bits per heavy atom. The number of imidazole rings is 1. The maximum Gasteiger partial charge on any atom is 0.303 e. The Labute approximate surface area is 192 Å². The van der Waals surface area contributed by atoms with Crippen LogP contribution in [0.1, 0.15) is 44.8 Å². The molecular weight excluding hydrogens is 442 g/mol. The highest BCUT2D eigenvalue weighted by molar-refractivity contribution is 5.80. The first-order valence-electron chi connectivity index (χ1n) is 10.9. The Hall–Kier alpha value is -3.95. The van der Waals surface area contributed by atoms with Crippen molar-refractivity contribution >= 4 is 17.8 Å². The number of halogens is 2. The van der Waals surface area contributed by atoms with Crippen molar-refractivity contribution in [2.24, 2.45) is 5.92 Å². The van der Waals surface area contributed by atoms with Gasteiger partial charge in [0.25, 0.3) is 0 Å². The second-order valence-corrected chi connectivity index (χ2v) is 9.13. The van der Waals surface area contributed by atoms with Gasteiger partial charge in [-0.25, -0.2) is 13.8 Å². The fraction of sp³-hybridized carbons (Fsp3) is 0.292. The summed E-state index contributed by atoms with van der Waals surface area (Å²) in [5.74, 6) is 0.0418. The van der Waals surface area contributed by atoms with Crippen LogP contribution in [0.3, 0.4) is 0 Å². The van der Waals surface area contributed by atoms with Crippen LogP contribution in [-0.2, 0) is 15.1 Å². The number of esters is 1. The Balaban J connectivity index is 1.58. The summed E-state index contributed by atoms with van der Waals surface area (Å²) in [6.45, 7) is 4.73. The second-order valence-electron chi connectivity index (χ2n) is 9.13. The summed E-state index contributed by atoms with van der Waals surface area (Å²) in [4.78, 5) is 16.4. The van der Waals surface area contributed by atoms with Crippen LogP contribution in [0.2, 0.25) is 0 Å². The van der Waals surface area contributed by atoms with Crippen molar-refractivity contribution in [2.45, 2.75) is 38.7 Å². The molecule has 3 aromatic heterocycles. The van der Waals surface area contributed by atoms with Crippen LogP contribution in [0.25, 0.3) is 34.5 Å². The van der Waals surface area contributed by atoms with Crippen LogP contribution >= 0.6 is 0 Å². The molecule has 2 atom stereocenters. The molecular formula is C24H20F2N6O2. The van der Waals surface area contributed by atoms with Gasteiger partial charge in [-0.1, -0.05) is 6.08 Å². The monoisotopic (exact) mass is 462 g/mol. The van der Waals surface area contributed by atoms with E-state index in [1.807, 2.05) is 10.8 Å². The molecule has 1 saturated carbocycles. The van der Waals surface area contributed by atoms with Crippen molar-refractivity contribution in [2.75, 3.05) is 0 Å². The zero-order valence-corrected chi connectivity index (χ0v) is 18.7. The molecule has 1 aromatic carbocycles. The van der Waals surface area contributed by atoms with E-state index in [2.05, 4.69) is 16.3 Å². The van der Waals surface area contributed by atoms with Crippen LogP contribution in [0.5, 0.6) is 0 Å². The summed E-state index contributed by atoms with van der Waals surface area (Å²) in [6, 6.07) is 6.95. The number of benzene rings is 1. The van der Waals surface area contributed by atoms with Crippen molar-refractivity contribution < 1.29 is 18.3 Å². The fourth-order valence-electron chi connectivity index (χ4n) is 4.59. The van der Waals surface area contributed by atoms with Gasteiger partial charge in [0.15, 0.2) is 17.1 Å². The minimum absolute atomic E-state index is 0.190. The minimum atomic E-state index is -1.08. The van der Waals surface area contributed by atoms with E-state index in [-0.39, 0.29) is 11.5 Å². The van der Waals surface area contributed by atoms with Gasteiger partial charge in [-0.15, -0.1) is 10.2 Å². The molecule has 4 aromatic rings. The van der Waals surface area contributed by atoms with E-state index in [0.717, 1.165) is 18.3 Å². The molecule has 1 unspecified atom stereocenters. The van der Waals surface area contributed by atoms with E-state index < -0.39 is 23.2 Å². The molecule has 0 saturated heterocycles. The smallest absolute Gasteiger partial charge is 0.303 e. The third kappa shape index (κ3) is 3.12. The summed E-state index contributed by atoms with van der Waals surface area (Å²) in [6.07, 6.45) is 5.02. The van der Waals surface area contributed by atoms with E-state index in [1.165, 1.54) is 23.6 Å². The average Bonchev–Trinajstić information content (AvgIpc) is 3.27. The lowest BCUT2D eigenvalue weighted by atomic mass is 10.1. The lowest BCUT2D eigenvalue weighted by Crippen LogP contribution is -2.27. The number of carbonyl (C=O) groups excluding carboxylic acids is 1. The molecule has 4 heterocycles. The van der Waals surface area contributed by atoms with Gasteiger partial charge in [0.1, 0.15) is 34.5 Å². The van der Waals surface area contributed by atoms with Gasteiger partial charge in [0, 0.05) is 30.7 Å². The number of aromatic nitrogens is 6. The largest absolute Gasteiger partial charge is 0.452 e. The van der Waals surface area contributed by atoms with Crippen LogP contribution < -0.4 is 0 Å². The van der Waals surface area contributed by atoms with Crippen LogP contribution in [0, 0.1) is 17.6 Å². The van der Waals surface area contributed by atoms with Gasteiger partial charge in [-0.3, -0.25) is 4.79 Å². The van der Waals surface area contributed by atoms with Gasteiger partial charge >= 0.3 is 5.97 Å². The topological polar surface area (TPSA) is 87.2 Å². The van der Waals surface area contributed by atoms with Crippen molar-refractivity contribution in [3.8, 4) is 22.6 Å². The Kier molecular flexibility index (Phi) is 4.26. The van der Waals surface area contributed by atoms with E-state index in [9.17, 15) is 13.6 Å². The molecule has 0 spiro atoms. The van der Waals surface area contributed by atoms with E-state index in [4.69, 9.17) is 14.8 Å². The van der Waals surface area contributed by atoms with Gasteiger partial charge in [0.2, 0.25) is 0 Å². The second kappa shape index (κ2) is 7.02. The van der Waals surface area contributed by atoms with Gasteiger partial charge < -0.3 is 9.30 Å². The summed E-state index contributed by atoms with van der Waals surface area (Å²) in [7, 11) is 0. The van der Waals surface area contributed by atoms with Gasteiger partial charge in [0.05, 0.1) is 0 Å². The first-order valence-corrected chi connectivity index (χ1v) is 10.9. The van der Waals surface area contributed by atoms with Gasteiger partial charge in [-0.05, 0) is 50.5 Å². The van der Waals surface area contributed by atoms with Crippen molar-refractivity contribution in [1.82, 2.24) is 29.4 Å². The van der Waals surface area contributed by atoms with Crippen molar-refractivity contribution in [1.29, 1.82) is 0 Å². The summed E-state index contributed by atoms with van der Waals surface area (Å²) in [5.41, 5.74) is 1.02. The van der Waals surface area contributed by atoms with Crippen LogP contribution in [-0.4, -0.2) is 35.3 Å². The molecule has 1 aliphatic heterocycles. The molecule has 8 nitrogen and oxygen atoms in total. The maximum atomic E-state index is 14.8. The molecule has 2 aliphatic rings. The standard InChI is InChI=1S/C24H20F2N6O2/c1-12(33)34-24(2,3)23-29-28-19-7-6-18(30-32(19)23)21-20(15-5-4-14(25)11-17(15)26)27-22-16-10-13(16)8-9-31(21)22/h4-9,11,13,16H,10H2,1-3H3/t13-,16?/m1/s1. The Morgan fingerprint density at radius 3 is 2.76 bits per heavy atom. The Morgan fingerprint density at radius 1 is 1.18 bits per heavy atom. The van der Waals surface area contributed by atoms with Crippen LogP contribution in [0.15, 0.2) is 36.4 Å². The molecule has 172 valence electrons. The predicted octanol–water partition coefficient (Wildman–Crippen LogP) is 4.32. The van der Waals surface area contributed by atoms with E-state index >= 15 is 0 Å². The number of hydrogen-bond acceptors (Lipinski definition) is 6. The number of nitrogens with zero attached hydrogens (tertiary/aromatic N) is 6. The Bertz CT molecular complexity index is 1520. The molecule has 0 N–H and O–H groups in total. The molecule has 0 amide bonds. The van der Waals surface area contributed by atoms with Gasteiger partial charge in [-0.2, -0.15) is 9.61 Å². The highest BCUT2D eigenvalue weighted by Gasteiger charge is 2.43. The predicted molar refractivity (Wildman–Crippen MR) is 118 cm³/mol. The summed E-state index contributed by atoms with van der Waals surface area (Å²) >= 11 is 0. The normalized spacial score (nSPS) is 18.6. The van der Waals surface area contributed by atoms with Crippen LogP contribution in [0.4, 0.5) is 8.78 Å². The molecule has 34 heavy (non-hydrogen) atoms. The lowest BCUT2D eigenvalue weighted by molar-refractivity contribution is -0.155. The van der Waals surface area contributed by atoms with Crippen molar-refractivity contribution in [3.05, 3.63) is 59.7 Å². The molecule has 1 aliphatic carbocycles. The first kappa shape index (κ1) is 20.6. The molecule has 10 heteroatoms. The third-order valence-corrected chi connectivity index (χ3v) is 6.22. The maximum absolute atomic E-state index is 14.8. The van der Waals surface area contributed by atoms with E-state index in [1.54, 1.807) is 26.0 Å². The summed E-state index contributed by atoms with van der Waals surface area (Å²) < 4.78 is 37.3. The first-order chi connectivity index (χ1) is 16.2. The molecule has 0 radical (unpaired) electrons. The molecule has 0 bridgehead atoms. The zero-order valence-electron chi connectivity index (χ0n) is 18.7. The quantitative estimate of drug-likeness (QED) is 0.420. The average molecular weight is 462 g/mol. The number of rotatable bonds is 4. The highest BCUT2D eigenvalue weighted by Crippen LogP contribution is 2.52. The lowest BCUT2D eigenvalue weighted by Gasteiger charge is -2.22. The number of ether oxygens (including phenoxy) is 1. The van der Waals surface area contributed by atoms with Crippen molar-refractivity contribution in [3.63, 3.8) is 0 Å². The SMILES string of the molecule is CC(=O)OC(C)(C)c1nnc2ccc(-c3c(-c4ccc(F)cc4F)nc4n3C=C[C@@H]3CC43)nn12. The minimum Gasteiger partial charge on any atom is -0.452 e.